The van der Waals surface area contributed by atoms with Gasteiger partial charge in [0.2, 0.25) is 0 Å². The van der Waals surface area contributed by atoms with Gasteiger partial charge in [0.1, 0.15) is 5.78 Å². The lowest BCUT2D eigenvalue weighted by atomic mass is 9.67. The van der Waals surface area contributed by atoms with Crippen LogP contribution in [0.5, 0.6) is 0 Å². The van der Waals surface area contributed by atoms with E-state index in [-0.39, 0.29) is 11.2 Å². The predicted octanol–water partition coefficient (Wildman–Crippen LogP) is 4.26. The third-order valence-electron chi connectivity index (χ3n) is 4.58. The molecule has 0 radical (unpaired) electrons. The fourth-order valence-electron chi connectivity index (χ4n) is 2.94. The van der Waals surface area contributed by atoms with Crippen molar-refractivity contribution in [2.75, 3.05) is 6.54 Å². The largest absolute Gasteiger partial charge is 0.329 e. The van der Waals surface area contributed by atoms with Gasteiger partial charge in [-0.25, -0.2) is 0 Å². The average Bonchev–Trinajstić information content (AvgIpc) is 2.43. The molecule has 1 aliphatic rings. The molecule has 1 aliphatic carbocycles. The van der Waals surface area contributed by atoms with Crippen molar-refractivity contribution in [3.05, 3.63) is 33.8 Å². The van der Waals surface area contributed by atoms with Crippen LogP contribution >= 0.6 is 23.2 Å². The number of Topliss-reactive ketones (excluding diaryl/α,β-unsaturated/α-hetero) is 1. The lowest BCUT2D eigenvalue weighted by Gasteiger charge is -2.37. The van der Waals surface area contributed by atoms with Crippen LogP contribution in [0.1, 0.15) is 38.2 Å². The number of hydrogen-bond acceptors (Lipinski definition) is 2. The number of carbonyl (C=O) groups excluding carboxylic acids is 1. The molecule has 0 aromatic heterocycles. The predicted molar refractivity (Wildman–Crippen MR) is 84.3 cm³/mol. The third kappa shape index (κ3) is 3.36. The summed E-state index contributed by atoms with van der Waals surface area (Å²) in [5.74, 6) is 0.915. The summed E-state index contributed by atoms with van der Waals surface area (Å²) in [4.78, 5) is 12.7. The second kappa shape index (κ2) is 6.46. The van der Waals surface area contributed by atoms with Crippen molar-refractivity contribution in [3.8, 4) is 0 Å². The maximum atomic E-state index is 12.7. The summed E-state index contributed by atoms with van der Waals surface area (Å²) in [6, 6.07) is 5.29. The Morgan fingerprint density at radius 3 is 2.55 bits per heavy atom. The fourth-order valence-corrected chi connectivity index (χ4v) is 3.41. The second-order valence-electron chi connectivity index (χ2n) is 6.00. The number of halogens is 2. The van der Waals surface area contributed by atoms with Gasteiger partial charge in [0.25, 0.3) is 0 Å². The van der Waals surface area contributed by atoms with Crippen molar-refractivity contribution in [2.24, 2.45) is 17.1 Å². The summed E-state index contributed by atoms with van der Waals surface area (Å²) in [5.41, 5.74) is 6.41. The van der Waals surface area contributed by atoms with Crippen LogP contribution in [0.2, 0.25) is 10.0 Å². The van der Waals surface area contributed by atoms with Crippen LogP contribution in [0.4, 0.5) is 0 Å². The molecule has 0 unspecified atom stereocenters. The van der Waals surface area contributed by atoms with Crippen LogP contribution in [-0.4, -0.2) is 12.3 Å². The second-order valence-corrected chi connectivity index (χ2v) is 6.85. The van der Waals surface area contributed by atoms with Gasteiger partial charge in [-0.3, -0.25) is 4.79 Å². The van der Waals surface area contributed by atoms with E-state index in [0.717, 1.165) is 31.2 Å². The number of hydrogen-bond donors (Lipinski definition) is 1. The Labute approximate surface area is 130 Å². The van der Waals surface area contributed by atoms with Crippen molar-refractivity contribution < 1.29 is 4.79 Å². The molecular weight excluding hydrogens is 293 g/mol. The van der Waals surface area contributed by atoms with Gasteiger partial charge >= 0.3 is 0 Å². The molecule has 110 valence electrons. The first kappa shape index (κ1) is 15.8. The molecular formula is C16H21Cl2NO. The van der Waals surface area contributed by atoms with Crippen molar-refractivity contribution >= 4 is 29.0 Å². The van der Waals surface area contributed by atoms with Crippen LogP contribution in [0.15, 0.2) is 18.2 Å². The van der Waals surface area contributed by atoms with E-state index in [4.69, 9.17) is 28.9 Å². The fraction of sp³-hybridized carbons (Fsp3) is 0.562. The Balaban J connectivity index is 2.13. The van der Waals surface area contributed by atoms with Gasteiger partial charge in [0.15, 0.2) is 0 Å². The summed E-state index contributed by atoms with van der Waals surface area (Å²) in [5, 5.41) is 1.15. The van der Waals surface area contributed by atoms with Gasteiger partial charge in [-0.15, -0.1) is 0 Å². The van der Waals surface area contributed by atoms with E-state index in [1.807, 2.05) is 6.07 Å². The highest BCUT2D eigenvalue weighted by Gasteiger charge is 2.39. The Morgan fingerprint density at radius 2 is 2.00 bits per heavy atom. The lowest BCUT2D eigenvalue weighted by molar-refractivity contribution is -0.129. The topological polar surface area (TPSA) is 43.1 Å². The molecule has 0 atom stereocenters. The molecule has 1 saturated carbocycles. The highest BCUT2D eigenvalue weighted by molar-refractivity contribution is 6.35. The zero-order chi connectivity index (χ0) is 14.8. The maximum Gasteiger partial charge on any atom is 0.144 e. The third-order valence-corrected chi connectivity index (χ3v) is 5.17. The van der Waals surface area contributed by atoms with Crippen LogP contribution in [0.25, 0.3) is 0 Å². The zero-order valence-electron chi connectivity index (χ0n) is 11.8. The standard InChI is InChI=1S/C16H21Cl2NO/c1-11-4-6-16(10-19,7-5-11)15(20)8-12-2-3-13(17)9-14(12)18/h2-3,9,11H,4-8,10,19H2,1H3. The Bertz CT molecular complexity index is 493. The molecule has 0 saturated heterocycles. The van der Waals surface area contributed by atoms with Gasteiger partial charge in [-0.1, -0.05) is 36.2 Å². The van der Waals surface area contributed by atoms with Crippen molar-refractivity contribution in [1.29, 1.82) is 0 Å². The molecule has 20 heavy (non-hydrogen) atoms. The Hall–Kier alpha value is -0.570. The number of rotatable bonds is 4. The normalized spacial score (nSPS) is 26.5. The molecule has 2 N–H and O–H groups in total. The lowest BCUT2D eigenvalue weighted by Crippen LogP contribution is -2.42. The molecule has 1 aromatic carbocycles. The summed E-state index contributed by atoms with van der Waals surface area (Å²) in [6.07, 6.45) is 4.31. The first-order valence-electron chi connectivity index (χ1n) is 7.14. The quantitative estimate of drug-likeness (QED) is 0.902. The number of benzene rings is 1. The highest BCUT2D eigenvalue weighted by atomic mass is 35.5. The summed E-state index contributed by atoms with van der Waals surface area (Å²) in [6.45, 7) is 2.67. The summed E-state index contributed by atoms with van der Waals surface area (Å²) >= 11 is 12.0. The van der Waals surface area contributed by atoms with E-state index in [2.05, 4.69) is 6.92 Å². The van der Waals surface area contributed by atoms with Gasteiger partial charge in [-0.05, 0) is 49.3 Å². The molecule has 2 rings (SSSR count). The van der Waals surface area contributed by atoms with E-state index >= 15 is 0 Å². The first-order chi connectivity index (χ1) is 9.47. The van der Waals surface area contributed by atoms with Crippen molar-refractivity contribution in [2.45, 2.75) is 39.0 Å². The van der Waals surface area contributed by atoms with Crippen LogP contribution in [-0.2, 0) is 11.2 Å². The van der Waals surface area contributed by atoms with Crippen LogP contribution in [0.3, 0.4) is 0 Å². The molecule has 0 aliphatic heterocycles. The summed E-state index contributed by atoms with van der Waals surface area (Å²) in [7, 11) is 0. The van der Waals surface area contributed by atoms with E-state index in [1.165, 1.54) is 0 Å². The van der Waals surface area contributed by atoms with E-state index in [0.29, 0.717) is 28.9 Å². The minimum atomic E-state index is -0.352. The van der Waals surface area contributed by atoms with Gasteiger partial charge in [0, 0.05) is 28.4 Å². The minimum absolute atomic E-state index is 0.219. The Kier molecular flexibility index (Phi) is 5.11. The van der Waals surface area contributed by atoms with Gasteiger partial charge < -0.3 is 5.73 Å². The van der Waals surface area contributed by atoms with Crippen LogP contribution in [0, 0.1) is 11.3 Å². The van der Waals surface area contributed by atoms with Crippen molar-refractivity contribution in [3.63, 3.8) is 0 Å². The van der Waals surface area contributed by atoms with E-state index in [9.17, 15) is 4.79 Å². The van der Waals surface area contributed by atoms with Gasteiger partial charge in [0.05, 0.1) is 0 Å². The molecule has 0 spiro atoms. The maximum absolute atomic E-state index is 12.7. The number of carbonyl (C=O) groups is 1. The molecule has 4 heteroatoms. The molecule has 2 nitrogen and oxygen atoms in total. The summed E-state index contributed by atoms with van der Waals surface area (Å²) < 4.78 is 0. The zero-order valence-corrected chi connectivity index (χ0v) is 13.3. The minimum Gasteiger partial charge on any atom is -0.329 e. The average molecular weight is 314 g/mol. The monoisotopic (exact) mass is 313 g/mol. The number of ketones is 1. The smallest absolute Gasteiger partial charge is 0.144 e. The Morgan fingerprint density at radius 1 is 1.35 bits per heavy atom. The van der Waals surface area contributed by atoms with E-state index in [1.54, 1.807) is 12.1 Å². The van der Waals surface area contributed by atoms with Gasteiger partial charge in [-0.2, -0.15) is 0 Å². The molecule has 0 amide bonds. The molecule has 0 heterocycles. The highest BCUT2D eigenvalue weighted by Crippen LogP contribution is 2.40. The molecule has 1 fully saturated rings. The number of nitrogens with two attached hydrogens (primary N) is 1. The SMILES string of the molecule is CC1CCC(CN)(C(=O)Cc2ccc(Cl)cc2Cl)CC1. The molecule has 0 bridgehead atoms. The molecule has 1 aromatic rings. The van der Waals surface area contributed by atoms with E-state index < -0.39 is 0 Å². The first-order valence-corrected chi connectivity index (χ1v) is 7.90. The van der Waals surface area contributed by atoms with Crippen LogP contribution < -0.4 is 5.73 Å². The van der Waals surface area contributed by atoms with Crippen molar-refractivity contribution in [1.82, 2.24) is 0 Å².